The fourth-order valence-corrected chi connectivity index (χ4v) is 3.51. The van der Waals surface area contributed by atoms with Crippen LogP contribution in [0.4, 0.5) is 4.39 Å². The monoisotopic (exact) mass is 383 g/mol. The molecule has 0 bridgehead atoms. The summed E-state index contributed by atoms with van der Waals surface area (Å²) in [6.07, 6.45) is 2.22. The molecule has 0 N–H and O–H groups in total. The average Bonchev–Trinajstić information content (AvgIpc) is 3.46. The third-order valence-corrected chi connectivity index (χ3v) is 5.20. The molecule has 0 spiro atoms. The quantitative estimate of drug-likeness (QED) is 0.451. The van der Waals surface area contributed by atoms with Crippen molar-refractivity contribution in [2.24, 2.45) is 0 Å². The van der Waals surface area contributed by atoms with Crippen molar-refractivity contribution in [2.45, 2.75) is 23.9 Å². The van der Waals surface area contributed by atoms with Crippen molar-refractivity contribution in [3.63, 3.8) is 0 Å². The Bertz CT molecular complexity index is 971. The highest BCUT2D eigenvalue weighted by molar-refractivity contribution is 7.99. The molecule has 1 aromatic heterocycles. The molecule has 0 aliphatic heterocycles. The number of carbonyl (C=O) groups excluding carboxylic acids is 1. The zero-order valence-electron chi connectivity index (χ0n) is 14.8. The minimum Gasteiger partial charge on any atom is -0.494 e. The van der Waals surface area contributed by atoms with Gasteiger partial charge in [0.25, 0.3) is 0 Å². The van der Waals surface area contributed by atoms with Crippen molar-refractivity contribution >= 4 is 17.5 Å². The number of Topliss-reactive ketones (excluding diaryl/α,β-unsaturated/α-hetero) is 1. The molecule has 1 heterocycles. The average molecular weight is 383 g/mol. The molecule has 4 rings (SSSR count). The SMILES string of the molecule is COc1ccc(C(=O)CSc2nc(C3CC3)n(-c3ccccc3)n2)cc1F. The van der Waals surface area contributed by atoms with Crippen LogP contribution < -0.4 is 4.74 Å². The number of methoxy groups -OCH3 is 1. The number of aromatic nitrogens is 3. The lowest BCUT2D eigenvalue weighted by atomic mass is 10.1. The maximum Gasteiger partial charge on any atom is 0.209 e. The minimum absolute atomic E-state index is 0.122. The summed E-state index contributed by atoms with van der Waals surface area (Å²) in [5, 5.41) is 5.13. The van der Waals surface area contributed by atoms with Crippen molar-refractivity contribution < 1.29 is 13.9 Å². The molecule has 1 aliphatic rings. The van der Waals surface area contributed by atoms with Gasteiger partial charge in [0.2, 0.25) is 5.16 Å². The van der Waals surface area contributed by atoms with Crippen molar-refractivity contribution in [3.8, 4) is 11.4 Å². The van der Waals surface area contributed by atoms with Gasteiger partial charge in [-0.15, -0.1) is 5.10 Å². The van der Waals surface area contributed by atoms with Crippen LogP contribution in [0.2, 0.25) is 0 Å². The molecule has 1 aliphatic carbocycles. The van der Waals surface area contributed by atoms with Crippen LogP contribution >= 0.6 is 11.8 Å². The molecule has 0 saturated heterocycles. The van der Waals surface area contributed by atoms with Gasteiger partial charge >= 0.3 is 0 Å². The molecule has 3 aromatic rings. The Morgan fingerprint density at radius 1 is 1.26 bits per heavy atom. The Balaban J connectivity index is 1.50. The van der Waals surface area contributed by atoms with Crippen molar-refractivity contribution in [2.75, 3.05) is 12.9 Å². The summed E-state index contributed by atoms with van der Waals surface area (Å²) in [5.74, 6) is 0.914. The first-order valence-corrected chi connectivity index (χ1v) is 9.66. The van der Waals surface area contributed by atoms with Crippen LogP contribution in [0.15, 0.2) is 53.7 Å². The predicted octanol–water partition coefficient (Wildman–Crippen LogP) is 4.27. The smallest absolute Gasteiger partial charge is 0.209 e. The molecule has 0 unspecified atom stereocenters. The second kappa shape index (κ2) is 7.52. The fraction of sp³-hybridized carbons (Fsp3) is 0.250. The molecule has 5 nitrogen and oxygen atoms in total. The van der Waals surface area contributed by atoms with Gasteiger partial charge in [0.05, 0.1) is 18.6 Å². The van der Waals surface area contributed by atoms with Crippen LogP contribution in [0.25, 0.3) is 5.69 Å². The number of thioether (sulfide) groups is 1. The fourth-order valence-electron chi connectivity index (χ4n) is 2.78. The molecule has 7 heteroatoms. The van der Waals surface area contributed by atoms with Gasteiger partial charge < -0.3 is 4.74 Å². The summed E-state index contributed by atoms with van der Waals surface area (Å²) < 4.78 is 20.5. The maximum atomic E-state index is 13.8. The van der Waals surface area contributed by atoms with Crippen molar-refractivity contribution in [1.82, 2.24) is 14.8 Å². The molecular formula is C20H18FN3O2S. The molecule has 2 aromatic carbocycles. The molecule has 138 valence electrons. The number of para-hydroxylation sites is 1. The van der Waals surface area contributed by atoms with E-state index in [0.717, 1.165) is 24.4 Å². The molecule has 27 heavy (non-hydrogen) atoms. The van der Waals surface area contributed by atoms with E-state index in [-0.39, 0.29) is 17.3 Å². The van der Waals surface area contributed by atoms with Crippen LogP contribution in [0, 0.1) is 5.82 Å². The summed E-state index contributed by atoms with van der Waals surface area (Å²) >= 11 is 1.27. The van der Waals surface area contributed by atoms with Gasteiger partial charge in [-0.25, -0.2) is 14.1 Å². The standard InChI is InChI=1S/C20H18FN3O2S/c1-26-18-10-9-14(11-16(18)21)17(25)12-27-20-22-19(13-7-8-13)24(23-20)15-5-3-2-4-6-15/h2-6,9-11,13H,7-8,12H2,1H3. The van der Waals surface area contributed by atoms with Gasteiger partial charge in [0.15, 0.2) is 17.3 Å². The summed E-state index contributed by atoms with van der Waals surface area (Å²) in [4.78, 5) is 17.0. The van der Waals surface area contributed by atoms with Gasteiger partial charge in [0, 0.05) is 11.5 Å². The maximum absolute atomic E-state index is 13.8. The van der Waals surface area contributed by atoms with Crippen LogP contribution in [0.5, 0.6) is 5.75 Å². The van der Waals surface area contributed by atoms with Gasteiger partial charge in [-0.05, 0) is 43.2 Å². The first kappa shape index (κ1) is 17.7. The molecule has 1 fully saturated rings. The third-order valence-electron chi connectivity index (χ3n) is 4.36. The van der Waals surface area contributed by atoms with E-state index in [0.29, 0.717) is 16.6 Å². The largest absolute Gasteiger partial charge is 0.494 e. The second-order valence-electron chi connectivity index (χ2n) is 6.34. The van der Waals surface area contributed by atoms with E-state index in [2.05, 4.69) is 10.1 Å². The molecular weight excluding hydrogens is 365 g/mol. The normalized spacial score (nSPS) is 13.6. The van der Waals surface area contributed by atoms with Gasteiger partial charge in [0.1, 0.15) is 5.82 Å². The summed E-state index contributed by atoms with van der Waals surface area (Å²) in [5.41, 5.74) is 1.27. The van der Waals surface area contributed by atoms with Gasteiger partial charge in [-0.1, -0.05) is 30.0 Å². The Kier molecular flexibility index (Phi) is 4.94. The first-order chi connectivity index (χ1) is 13.2. The lowest BCUT2D eigenvalue weighted by molar-refractivity contribution is 0.102. The van der Waals surface area contributed by atoms with Crippen molar-refractivity contribution in [1.29, 1.82) is 0 Å². The number of hydrogen-bond acceptors (Lipinski definition) is 5. The zero-order valence-corrected chi connectivity index (χ0v) is 15.6. The lowest BCUT2D eigenvalue weighted by Gasteiger charge is -2.04. The highest BCUT2D eigenvalue weighted by Gasteiger charge is 2.30. The van der Waals surface area contributed by atoms with E-state index in [1.165, 1.54) is 31.0 Å². The number of carbonyl (C=O) groups is 1. The zero-order chi connectivity index (χ0) is 18.8. The second-order valence-corrected chi connectivity index (χ2v) is 7.28. The third kappa shape index (κ3) is 3.88. The summed E-state index contributed by atoms with van der Waals surface area (Å²) in [6, 6.07) is 14.1. The first-order valence-electron chi connectivity index (χ1n) is 8.67. The van der Waals surface area contributed by atoms with E-state index in [1.807, 2.05) is 35.0 Å². The van der Waals surface area contributed by atoms with E-state index in [1.54, 1.807) is 6.07 Å². The highest BCUT2D eigenvalue weighted by Crippen LogP contribution is 2.40. The molecule has 0 atom stereocenters. The summed E-state index contributed by atoms with van der Waals surface area (Å²) in [6.45, 7) is 0. The molecule has 0 amide bonds. The summed E-state index contributed by atoms with van der Waals surface area (Å²) in [7, 11) is 1.39. The van der Waals surface area contributed by atoms with Gasteiger partial charge in [-0.3, -0.25) is 4.79 Å². The minimum atomic E-state index is -0.546. The van der Waals surface area contributed by atoms with E-state index >= 15 is 0 Å². The van der Waals surface area contributed by atoms with Gasteiger partial charge in [-0.2, -0.15) is 0 Å². The lowest BCUT2D eigenvalue weighted by Crippen LogP contribution is -2.04. The van der Waals surface area contributed by atoms with Crippen molar-refractivity contribution in [3.05, 3.63) is 65.7 Å². The number of rotatable bonds is 7. The van der Waals surface area contributed by atoms with E-state index in [9.17, 15) is 9.18 Å². The Hall–Kier alpha value is -2.67. The van der Waals surface area contributed by atoms with E-state index < -0.39 is 5.82 Å². The van der Waals surface area contributed by atoms with Crippen LogP contribution in [-0.2, 0) is 0 Å². The highest BCUT2D eigenvalue weighted by atomic mass is 32.2. The number of hydrogen-bond donors (Lipinski definition) is 0. The topological polar surface area (TPSA) is 57.0 Å². The molecule has 0 radical (unpaired) electrons. The number of halogens is 1. The number of ether oxygens (including phenoxy) is 1. The van der Waals surface area contributed by atoms with Crippen LogP contribution in [-0.4, -0.2) is 33.4 Å². The molecule has 1 saturated carbocycles. The van der Waals surface area contributed by atoms with Crippen LogP contribution in [0.3, 0.4) is 0 Å². The Labute approximate surface area is 160 Å². The predicted molar refractivity (Wildman–Crippen MR) is 101 cm³/mol. The number of nitrogens with zero attached hydrogens (tertiary/aromatic N) is 3. The Morgan fingerprint density at radius 3 is 2.70 bits per heavy atom. The number of benzene rings is 2. The number of ketones is 1. The van der Waals surface area contributed by atoms with E-state index in [4.69, 9.17) is 4.74 Å². The Morgan fingerprint density at radius 2 is 2.04 bits per heavy atom. The van der Waals surface area contributed by atoms with Crippen LogP contribution in [0.1, 0.15) is 34.9 Å².